The second kappa shape index (κ2) is 7.55. The quantitative estimate of drug-likeness (QED) is 0.719. The summed E-state index contributed by atoms with van der Waals surface area (Å²) >= 11 is 0. The molecule has 0 bridgehead atoms. The first-order valence-electron chi connectivity index (χ1n) is 8.93. The largest absolute Gasteiger partial charge is 0.356 e. The van der Waals surface area contributed by atoms with Gasteiger partial charge < -0.3 is 14.3 Å². The molecule has 1 aromatic carbocycles. The molecule has 5 nitrogen and oxygen atoms in total. The first-order valence-corrected chi connectivity index (χ1v) is 8.93. The molecular formula is C20H25N3O2. The van der Waals surface area contributed by atoms with Crippen LogP contribution in [0, 0.1) is 5.92 Å². The minimum absolute atomic E-state index is 0.0103. The number of benzene rings is 1. The topological polar surface area (TPSA) is 55.5 Å². The number of aryl methyl sites for hydroxylation is 1. The van der Waals surface area contributed by atoms with Crippen molar-refractivity contribution >= 4 is 22.5 Å². The molecule has 0 fully saturated rings. The maximum Gasteiger partial charge on any atom is 0.275 e. The van der Waals surface area contributed by atoms with E-state index >= 15 is 0 Å². The summed E-state index contributed by atoms with van der Waals surface area (Å²) in [5.41, 5.74) is 2.56. The summed E-state index contributed by atoms with van der Waals surface area (Å²) in [6, 6.07) is 11.6. The number of carbonyl (C=O) groups excluding carboxylic acids is 1. The number of hydrogen-bond acceptors (Lipinski definition) is 2. The normalized spacial score (nSPS) is 11.5. The monoisotopic (exact) mass is 339 g/mol. The molecule has 2 heterocycles. The average molecular weight is 339 g/mol. The first kappa shape index (κ1) is 17.3. The molecule has 0 unspecified atom stereocenters. The Hall–Kier alpha value is -2.56. The van der Waals surface area contributed by atoms with E-state index in [0.717, 1.165) is 24.0 Å². The lowest BCUT2D eigenvalue weighted by Gasteiger charge is -2.12. The average Bonchev–Trinajstić information content (AvgIpc) is 3.07. The van der Waals surface area contributed by atoms with Crippen LogP contribution in [0.25, 0.3) is 16.6 Å². The van der Waals surface area contributed by atoms with Crippen LogP contribution < -0.4 is 10.9 Å². The van der Waals surface area contributed by atoms with Crippen LogP contribution in [0.1, 0.15) is 33.1 Å². The molecule has 1 amide bonds. The zero-order chi connectivity index (χ0) is 17.8. The Morgan fingerprint density at radius 3 is 2.56 bits per heavy atom. The highest BCUT2D eigenvalue weighted by Crippen LogP contribution is 2.15. The number of carbonyl (C=O) groups is 1. The minimum Gasteiger partial charge on any atom is -0.356 e. The van der Waals surface area contributed by atoms with Crippen molar-refractivity contribution in [3.05, 3.63) is 52.9 Å². The highest BCUT2D eigenvalue weighted by molar-refractivity contribution is 5.79. The Morgan fingerprint density at radius 2 is 1.80 bits per heavy atom. The third kappa shape index (κ3) is 3.76. The van der Waals surface area contributed by atoms with Crippen molar-refractivity contribution in [1.82, 2.24) is 14.3 Å². The summed E-state index contributed by atoms with van der Waals surface area (Å²) in [4.78, 5) is 24.7. The van der Waals surface area contributed by atoms with E-state index in [2.05, 4.69) is 19.2 Å². The number of hydrogen-bond donors (Lipinski definition) is 1. The number of rotatable bonds is 7. The zero-order valence-corrected chi connectivity index (χ0v) is 14.9. The molecule has 0 saturated heterocycles. The summed E-state index contributed by atoms with van der Waals surface area (Å²) in [6.07, 6.45) is 3.98. The van der Waals surface area contributed by atoms with Gasteiger partial charge in [-0.2, -0.15) is 0 Å². The van der Waals surface area contributed by atoms with Gasteiger partial charge in [0.05, 0.1) is 11.0 Å². The van der Waals surface area contributed by atoms with Crippen molar-refractivity contribution in [1.29, 1.82) is 0 Å². The molecule has 0 aliphatic heterocycles. The molecule has 0 radical (unpaired) electrons. The summed E-state index contributed by atoms with van der Waals surface area (Å²) in [5, 5.41) is 2.95. The fourth-order valence-corrected chi connectivity index (χ4v) is 3.12. The molecule has 0 atom stereocenters. The van der Waals surface area contributed by atoms with E-state index in [1.54, 1.807) is 4.57 Å². The molecule has 132 valence electrons. The van der Waals surface area contributed by atoms with Crippen molar-refractivity contribution < 1.29 is 4.79 Å². The van der Waals surface area contributed by atoms with Crippen LogP contribution in [-0.4, -0.2) is 21.4 Å². The van der Waals surface area contributed by atoms with E-state index < -0.39 is 0 Å². The van der Waals surface area contributed by atoms with Crippen molar-refractivity contribution in [3.8, 4) is 0 Å². The van der Waals surface area contributed by atoms with Gasteiger partial charge in [0.15, 0.2) is 0 Å². The summed E-state index contributed by atoms with van der Waals surface area (Å²) in [7, 11) is 0. The van der Waals surface area contributed by atoms with Crippen molar-refractivity contribution in [2.24, 2.45) is 5.92 Å². The van der Waals surface area contributed by atoms with Gasteiger partial charge in [0.2, 0.25) is 5.91 Å². The van der Waals surface area contributed by atoms with Crippen LogP contribution in [0.4, 0.5) is 0 Å². The van der Waals surface area contributed by atoms with Crippen LogP contribution in [-0.2, 0) is 11.3 Å². The molecule has 0 aliphatic carbocycles. The maximum atomic E-state index is 12.8. The van der Waals surface area contributed by atoms with Gasteiger partial charge in [-0.25, -0.2) is 0 Å². The lowest BCUT2D eigenvalue weighted by molar-refractivity contribution is -0.121. The standard InChI is InChI=1S/C20H25N3O2/c1-15(2)11-12-21-19(24)10-6-14-23-17-8-4-3-7-16(17)22-13-5-9-18(22)20(23)25/h3-5,7-9,13,15H,6,10-12,14H2,1-2H3,(H,21,24). The fourth-order valence-electron chi connectivity index (χ4n) is 3.12. The third-order valence-electron chi connectivity index (χ3n) is 4.47. The van der Waals surface area contributed by atoms with Gasteiger partial charge in [-0.05, 0) is 43.0 Å². The molecular weight excluding hydrogens is 314 g/mol. The number of aromatic nitrogens is 2. The Bertz CT molecular complexity index is 937. The molecule has 3 rings (SSSR count). The van der Waals surface area contributed by atoms with Crippen molar-refractivity contribution in [2.75, 3.05) is 6.54 Å². The van der Waals surface area contributed by atoms with E-state index in [1.807, 2.05) is 47.0 Å². The number of amides is 1. The van der Waals surface area contributed by atoms with E-state index in [0.29, 0.717) is 30.8 Å². The van der Waals surface area contributed by atoms with Crippen molar-refractivity contribution in [3.63, 3.8) is 0 Å². The van der Waals surface area contributed by atoms with Crippen molar-refractivity contribution in [2.45, 2.75) is 39.7 Å². The summed E-state index contributed by atoms with van der Waals surface area (Å²) in [5.74, 6) is 0.640. The van der Waals surface area contributed by atoms with E-state index in [9.17, 15) is 9.59 Å². The smallest absolute Gasteiger partial charge is 0.275 e. The number of nitrogens with zero attached hydrogens (tertiary/aromatic N) is 2. The van der Waals surface area contributed by atoms with E-state index in [4.69, 9.17) is 0 Å². The second-order valence-corrected chi connectivity index (χ2v) is 6.84. The molecule has 5 heteroatoms. The Kier molecular flexibility index (Phi) is 5.22. The molecule has 25 heavy (non-hydrogen) atoms. The molecule has 0 saturated carbocycles. The Labute approximate surface area is 147 Å². The first-order chi connectivity index (χ1) is 12.1. The zero-order valence-electron chi connectivity index (χ0n) is 14.9. The van der Waals surface area contributed by atoms with Gasteiger partial charge in [0, 0.05) is 25.7 Å². The Morgan fingerprint density at radius 1 is 1.08 bits per heavy atom. The second-order valence-electron chi connectivity index (χ2n) is 6.84. The fraction of sp³-hybridized carbons (Fsp3) is 0.400. The number of fused-ring (bicyclic) bond motifs is 3. The summed E-state index contributed by atoms with van der Waals surface area (Å²) in [6.45, 7) is 5.54. The molecule has 0 spiro atoms. The highest BCUT2D eigenvalue weighted by Gasteiger charge is 2.10. The molecule has 2 aromatic heterocycles. The van der Waals surface area contributed by atoms with Crippen LogP contribution in [0.5, 0.6) is 0 Å². The number of nitrogens with one attached hydrogen (secondary N) is 1. The van der Waals surface area contributed by atoms with Crippen LogP contribution in [0.15, 0.2) is 47.4 Å². The molecule has 1 N–H and O–H groups in total. The summed E-state index contributed by atoms with van der Waals surface area (Å²) < 4.78 is 3.71. The highest BCUT2D eigenvalue weighted by atomic mass is 16.1. The third-order valence-corrected chi connectivity index (χ3v) is 4.47. The van der Waals surface area contributed by atoms with E-state index in [-0.39, 0.29) is 11.5 Å². The van der Waals surface area contributed by atoms with Gasteiger partial charge in [-0.15, -0.1) is 0 Å². The lowest BCUT2D eigenvalue weighted by Crippen LogP contribution is -2.27. The van der Waals surface area contributed by atoms with Gasteiger partial charge in [-0.1, -0.05) is 26.0 Å². The lowest BCUT2D eigenvalue weighted by atomic mass is 10.1. The predicted molar refractivity (Wildman–Crippen MR) is 101 cm³/mol. The van der Waals surface area contributed by atoms with Gasteiger partial charge in [0.25, 0.3) is 5.56 Å². The van der Waals surface area contributed by atoms with Gasteiger partial charge >= 0.3 is 0 Å². The van der Waals surface area contributed by atoms with E-state index in [1.165, 1.54) is 0 Å². The minimum atomic E-state index is -0.0103. The SMILES string of the molecule is CC(C)CCNC(=O)CCCn1c(=O)c2cccn2c2ccccc21. The number of para-hydroxylation sites is 2. The van der Waals surface area contributed by atoms with Crippen LogP contribution >= 0.6 is 0 Å². The van der Waals surface area contributed by atoms with Crippen LogP contribution in [0.3, 0.4) is 0 Å². The predicted octanol–water partition coefficient (Wildman–Crippen LogP) is 3.20. The maximum absolute atomic E-state index is 12.8. The molecule has 3 aromatic rings. The van der Waals surface area contributed by atoms with Gasteiger partial charge in [-0.3, -0.25) is 9.59 Å². The van der Waals surface area contributed by atoms with Gasteiger partial charge in [0.1, 0.15) is 5.52 Å². The Balaban J connectivity index is 1.74. The van der Waals surface area contributed by atoms with Crippen LogP contribution in [0.2, 0.25) is 0 Å². The molecule has 0 aliphatic rings.